The molecule has 0 spiro atoms. The topological polar surface area (TPSA) is 70.1 Å². The molecular weight excluding hydrogens is 182 g/mol. The van der Waals surface area contributed by atoms with Gasteiger partial charge in [0, 0.05) is 19.9 Å². The van der Waals surface area contributed by atoms with Crippen molar-refractivity contribution in [2.24, 2.45) is 0 Å². The Hall–Kier alpha value is -1.36. The quantitative estimate of drug-likeness (QED) is 0.751. The van der Waals surface area contributed by atoms with Crippen LogP contribution in [0.25, 0.3) is 0 Å². The molecule has 0 aliphatic carbocycles. The Morgan fingerprint density at radius 3 is 3.00 bits per heavy atom. The van der Waals surface area contributed by atoms with E-state index in [1.165, 1.54) is 4.57 Å². The molecular formula is C9H15N3O2. The van der Waals surface area contributed by atoms with Crippen LogP contribution in [0.5, 0.6) is 0 Å². The molecule has 0 saturated heterocycles. The van der Waals surface area contributed by atoms with Gasteiger partial charge >= 0.3 is 5.69 Å². The van der Waals surface area contributed by atoms with Gasteiger partial charge in [0.25, 0.3) is 0 Å². The number of hydrogen-bond acceptors (Lipinski definition) is 4. The molecule has 78 valence electrons. The highest BCUT2D eigenvalue weighted by Gasteiger charge is 2.01. The highest BCUT2D eigenvalue weighted by molar-refractivity contribution is 5.23. The van der Waals surface area contributed by atoms with Gasteiger partial charge in [-0.2, -0.15) is 4.98 Å². The summed E-state index contributed by atoms with van der Waals surface area (Å²) in [4.78, 5) is 14.9. The van der Waals surface area contributed by atoms with Crippen molar-refractivity contribution < 1.29 is 4.74 Å². The van der Waals surface area contributed by atoms with Crippen LogP contribution in [0, 0.1) is 0 Å². The molecule has 1 heterocycles. The molecule has 0 aliphatic rings. The molecule has 2 N–H and O–H groups in total. The minimum absolute atomic E-state index is 0.138. The lowest BCUT2D eigenvalue weighted by molar-refractivity contribution is 0.106. The van der Waals surface area contributed by atoms with Gasteiger partial charge in [0.1, 0.15) is 5.82 Å². The number of anilines is 1. The van der Waals surface area contributed by atoms with Gasteiger partial charge in [0.2, 0.25) is 0 Å². The molecule has 1 aromatic rings. The van der Waals surface area contributed by atoms with Gasteiger partial charge < -0.3 is 10.5 Å². The molecule has 14 heavy (non-hydrogen) atoms. The number of nitrogen functional groups attached to an aromatic ring is 1. The van der Waals surface area contributed by atoms with E-state index in [-0.39, 0.29) is 17.6 Å². The van der Waals surface area contributed by atoms with Crippen LogP contribution in [-0.4, -0.2) is 22.8 Å². The third-order valence-corrected chi connectivity index (χ3v) is 2.07. The Bertz CT molecular complexity index is 348. The fourth-order valence-corrected chi connectivity index (χ4v) is 1.05. The molecule has 1 atom stereocenters. The van der Waals surface area contributed by atoms with Crippen LogP contribution in [-0.2, 0) is 11.3 Å². The van der Waals surface area contributed by atoms with Crippen molar-refractivity contribution in [2.75, 3.05) is 12.8 Å². The fourth-order valence-electron chi connectivity index (χ4n) is 1.05. The molecule has 0 bridgehead atoms. The van der Waals surface area contributed by atoms with Crippen LogP contribution in [0.2, 0.25) is 0 Å². The van der Waals surface area contributed by atoms with E-state index in [4.69, 9.17) is 10.5 Å². The number of aryl methyl sites for hydroxylation is 1. The molecule has 5 heteroatoms. The lowest BCUT2D eigenvalue weighted by Gasteiger charge is -2.09. The van der Waals surface area contributed by atoms with Gasteiger partial charge in [-0.3, -0.25) is 4.57 Å². The summed E-state index contributed by atoms with van der Waals surface area (Å²) in [5.74, 6) is 0.256. The number of ether oxygens (including phenoxy) is 1. The molecule has 0 saturated carbocycles. The summed E-state index contributed by atoms with van der Waals surface area (Å²) in [6.07, 6.45) is 2.56. The first-order valence-electron chi connectivity index (χ1n) is 4.49. The Morgan fingerprint density at radius 2 is 2.43 bits per heavy atom. The zero-order chi connectivity index (χ0) is 10.6. The maximum absolute atomic E-state index is 11.3. The number of rotatable bonds is 4. The first-order valence-corrected chi connectivity index (χ1v) is 4.49. The average Bonchev–Trinajstić information content (AvgIpc) is 2.16. The normalized spacial score (nSPS) is 12.7. The Kier molecular flexibility index (Phi) is 3.64. The van der Waals surface area contributed by atoms with Gasteiger partial charge in [-0.25, -0.2) is 4.79 Å². The van der Waals surface area contributed by atoms with Gasteiger partial charge in [0.15, 0.2) is 0 Å². The minimum Gasteiger partial charge on any atom is -0.383 e. The number of nitrogens with two attached hydrogens (primary N) is 1. The number of hydrogen-bond donors (Lipinski definition) is 1. The molecule has 0 aliphatic heterocycles. The average molecular weight is 197 g/mol. The molecule has 0 amide bonds. The van der Waals surface area contributed by atoms with Crippen LogP contribution in [0.1, 0.15) is 13.3 Å². The molecule has 1 rings (SSSR count). The van der Waals surface area contributed by atoms with Gasteiger partial charge in [0.05, 0.1) is 6.10 Å². The van der Waals surface area contributed by atoms with Gasteiger partial charge in [-0.05, 0) is 19.4 Å². The van der Waals surface area contributed by atoms with E-state index in [1.807, 2.05) is 6.92 Å². The number of methoxy groups -OCH3 is 1. The number of aromatic nitrogens is 2. The van der Waals surface area contributed by atoms with E-state index < -0.39 is 0 Å². The molecule has 0 fully saturated rings. The minimum atomic E-state index is -0.312. The van der Waals surface area contributed by atoms with E-state index in [9.17, 15) is 4.79 Å². The third-order valence-electron chi connectivity index (χ3n) is 2.07. The summed E-state index contributed by atoms with van der Waals surface area (Å²) < 4.78 is 6.59. The Labute approximate surface area is 82.5 Å². The fraction of sp³-hybridized carbons (Fsp3) is 0.556. The molecule has 0 aromatic carbocycles. The highest BCUT2D eigenvalue weighted by Crippen LogP contribution is 1.98. The second-order valence-corrected chi connectivity index (χ2v) is 3.16. The van der Waals surface area contributed by atoms with Crippen molar-refractivity contribution in [1.82, 2.24) is 9.55 Å². The smallest absolute Gasteiger partial charge is 0.349 e. The van der Waals surface area contributed by atoms with Gasteiger partial charge in [-0.1, -0.05) is 0 Å². The van der Waals surface area contributed by atoms with Crippen molar-refractivity contribution in [2.45, 2.75) is 26.0 Å². The number of nitrogens with zero attached hydrogens (tertiary/aromatic N) is 2. The molecule has 1 aromatic heterocycles. The van der Waals surface area contributed by atoms with Crippen molar-refractivity contribution in [3.8, 4) is 0 Å². The highest BCUT2D eigenvalue weighted by atomic mass is 16.5. The van der Waals surface area contributed by atoms with Crippen molar-refractivity contribution in [3.63, 3.8) is 0 Å². The molecule has 0 unspecified atom stereocenters. The van der Waals surface area contributed by atoms with Crippen LogP contribution in [0.3, 0.4) is 0 Å². The predicted octanol–water partition coefficient (Wildman–Crippen LogP) is 0.251. The standard InChI is InChI=1S/C9H15N3O2/c1-7(14-2)3-5-12-6-4-8(10)11-9(12)13/h4,6-7H,3,5H2,1-2H3,(H2,10,11,13)/t7-/m1/s1. The van der Waals surface area contributed by atoms with E-state index >= 15 is 0 Å². The summed E-state index contributed by atoms with van der Waals surface area (Å²) in [6.45, 7) is 2.55. The Balaban J connectivity index is 2.64. The SMILES string of the molecule is CO[C@H](C)CCn1ccc(N)nc1=O. The lowest BCUT2D eigenvalue weighted by atomic mass is 10.3. The maximum Gasteiger partial charge on any atom is 0.349 e. The lowest BCUT2D eigenvalue weighted by Crippen LogP contribution is -2.24. The molecule has 5 nitrogen and oxygen atoms in total. The summed E-state index contributed by atoms with van der Waals surface area (Å²) in [7, 11) is 1.65. The van der Waals surface area contributed by atoms with Gasteiger partial charge in [-0.15, -0.1) is 0 Å². The van der Waals surface area contributed by atoms with E-state index in [0.29, 0.717) is 6.54 Å². The second-order valence-electron chi connectivity index (χ2n) is 3.16. The summed E-state index contributed by atoms with van der Waals surface area (Å²) in [5, 5.41) is 0. The molecule has 0 radical (unpaired) electrons. The summed E-state index contributed by atoms with van der Waals surface area (Å²) in [6, 6.07) is 1.61. The second kappa shape index (κ2) is 4.76. The van der Waals surface area contributed by atoms with Crippen LogP contribution in [0.4, 0.5) is 5.82 Å². The van der Waals surface area contributed by atoms with Crippen LogP contribution in [0.15, 0.2) is 17.1 Å². The summed E-state index contributed by atoms with van der Waals surface area (Å²) >= 11 is 0. The van der Waals surface area contributed by atoms with Crippen LogP contribution < -0.4 is 11.4 Å². The Morgan fingerprint density at radius 1 is 1.71 bits per heavy atom. The van der Waals surface area contributed by atoms with Crippen molar-refractivity contribution in [1.29, 1.82) is 0 Å². The maximum atomic E-state index is 11.3. The van der Waals surface area contributed by atoms with E-state index in [2.05, 4.69) is 4.98 Å². The first-order chi connectivity index (χ1) is 6.63. The first kappa shape index (κ1) is 10.7. The van der Waals surface area contributed by atoms with Crippen molar-refractivity contribution in [3.05, 3.63) is 22.7 Å². The largest absolute Gasteiger partial charge is 0.383 e. The van der Waals surface area contributed by atoms with Crippen molar-refractivity contribution >= 4 is 5.82 Å². The zero-order valence-corrected chi connectivity index (χ0v) is 8.43. The zero-order valence-electron chi connectivity index (χ0n) is 8.43. The third kappa shape index (κ3) is 2.85. The monoisotopic (exact) mass is 197 g/mol. The van der Waals surface area contributed by atoms with E-state index in [0.717, 1.165) is 6.42 Å². The van der Waals surface area contributed by atoms with Crippen LogP contribution >= 0.6 is 0 Å². The summed E-state index contributed by atoms with van der Waals surface area (Å²) in [5.41, 5.74) is 5.05. The van der Waals surface area contributed by atoms with E-state index in [1.54, 1.807) is 19.4 Å². The predicted molar refractivity (Wildman–Crippen MR) is 54.0 cm³/mol.